The van der Waals surface area contributed by atoms with Crippen molar-refractivity contribution in [2.45, 2.75) is 26.3 Å². The van der Waals surface area contributed by atoms with Crippen LogP contribution in [0.1, 0.15) is 30.6 Å². The fraction of sp³-hybridized carbons (Fsp3) is 0.368. The van der Waals surface area contributed by atoms with Crippen molar-refractivity contribution in [3.8, 4) is 11.6 Å². The minimum absolute atomic E-state index is 0. The Hall–Kier alpha value is -1.24. The van der Waals surface area contributed by atoms with Crippen LogP contribution in [0, 0.1) is 5.41 Å². The third kappa shape index (κ3) is 5.43. The number of ether oxygens (including phenoxy) is 1. The summed E-state index contributed by atoms with van der Waals surface area (Å²) in [7, 11) is 0. The topological polar surface area (TPSA) is 68.5 Å². The Morgan fingerprint density at radius 2 is 2.00 bits per heavy atom. The summed E-state index contributed by atoms with van der Waals surface area (Å²) in [6.07, 6.45) is 2.34. The van der Waals surface area contributed by atoms with E-state index in [4.69, 9.17) is 33.7 Å². The lowest BCUT2D eigenvalue weighted by molar-refractivity contribution is 0.0530. The average Bonchev–Trinajstić information content (AvgIpc) is 2.59. The van der Waals surface area contributed by atoms with Crippen molar-refractivity contribution in [3.05, 3.63) is 52.1 Å². The summed E-state index contributed by atoms with van der Waals surface area (Å²) in [5, 5.41) is 0.859. The molecule has 2 N–H and O–H groups in total. The maximum absolute atomic E-state index is 13.1. The molecular formula is C19H23Cl4N3O2. The van der Waals surface area contributed by atoms with Crippen LogP contribution in [-0.2, 0) is 0 Å². The smallest absolute Gasteiger partial charge is 0.259 e. The van der Waals surface area contributed by atoms with Crippen LogP contribution in [0.4, 0.5) is 0 Å². The van der Waals surface area contributed by atoms with Gasteiger partial charge in [0.2, 0.25) is 5.88 Å². The van der Waals surface area contributed by atoms with Gasteiger partial charge >= 0.3 is 0 Å². The third-order valence-corrected chi connectivity index (χ3v) is 5.23. The van der Waals surface area contributed by atoms with Gasteiger partial charge < -0.3 is 15.4 Å². The van der Waals surface area contributed by atoms with Gasteiger partial charge in [-0.05, 0) is 42.2 Å². The first-order valence-corrected chi connectivity index (χ1v) is 9.16. The van der Waals surface area contributed by atoms with Crippen LogP contribution in [0.3, 0.4) is 0 Å². The van der Waals surface area contributed by atoms with Crippen molar-refractivity contribution in [1.82, 2.24) is 9.88 Å². The molecule has 0 radical (unpaired) electrons. The number of likely N-dealkylation sites (tertiary alicyclic amines) is 1. The van der Waals surface area contributed by atoms with Gasteiger partial charge in [-0.15, -0.1) is 24.8 Å². The van der Waals surface area contributed by atoms with E-state index >= 15 is 0 Å². The molecule has 0 saturated carbocycles. The molecule has 1 amide bonds. The van der Waals surface area contributed by atoms with E-state index in [9.17, 15) is 4.79 Å². The number of carbonyl (C=O) groups excluding carboxylic acids is 1. The minimum atomic E-state index is -0.142. The largest absolute Gasteiger partial charge is 0.437 e. The molecule has 154 valence electrons. The van der Waals surface area contributed by atoms with Crippen molar-refractivity contribution in [1.29, 1.82) is 0 Å². The molecule has 1 aromatic carbocycles. The Bertz CT molecular complexity index is 833. The van der Waals surface area contributed by atoms with Crippen LogP contribution < -0.4 is 10.5 Å². The Balaban J connectivity index is 0.00000196. The fourth-order valence-corrected chi connectivity index (χ4v) is 3.46. The standard InChI is InChI=1S/C19H21Cl2N3O2.2ClH/c1-19(2)11-24(9-7-16(19)22)18(25)13-4-3-8-23-17(13)26-15-6-5-12(20)10-14(15)21;;/h3-6,8,10,16H,7,9,11,22H2,1-2H3;2*1H. The first kappa shape index (κ1) is 24.8. The maximum Gasteiger partial charge on any atom is 0.259 e. The average molecular weight is 467 g/mol. The molecule has 5 nitrogen and oxygen atoms in total. The Morgan fingerprint density at radius 1 is 1.29 bits per heavy atom. The first-order valence-electron chi connectivity index (χ1n) is 8.41. The molecule has 0 aliphatic carbocycles. The van der Waals surface area contributed by atoms with E-state index in [1.807, 2.05) is 0 Å². The molecule has 3 rings (SSSR count). The molecule has 0 spiro atoms. The molecule has 1 aliphatic heterocycles. The van der Waals surface area contributed by atoms with E-state index in [-0.39, 0.29) is 48.1 Å². The van der Waals surface area contributed by atoms with Crippen LogP contribution in [0.2, 0.25) is 10.0 Å². The second kappa shape index (κ2) is 9.99. The van der Waals surface area contributed by atoms with E-state index in [0.29, 0.717) is 34.4 Å². The summed E-state index contributed by atoms with van der Waals surface area (Å²) in [4.78, 5) is 19.1. The van der Waals surface area contributed by atoms with Gasteiger partial charge in [0.05, 0.1) is 5.02 Å². The molecule has 1 aliphatic rings. The van der Waals surface area contributed by atoms with E-state index in [1.165, 1.54) is 0 Å². The number of piperidine rings is 1. The van der Waals surface area contributed by atoms with E-state index < -0.39 is 0 Å². The fourth-order valence-electron chi connectivity index (χ4n) is 3.01. The van der Waals surface area contributed by atoms with Crippen LogP contribution in [-0.4, -0.2) is 34.9 Å². The lowest BCUT2D eigenvalue weighted by Crippen LogP contribution is -2.54. The van der Waals surface area contributed by atoms with E-state index in [2.05, 4.69) is 18.8 Å². The van der Waals surface area contributed by atoms with Gasteiger partial charge in [0, 0.05) is 30.4 Å². The summed E-state index contributed by atoms with van der Waals surface area (Å²) >= 11 is 12.1. The molecule has 0 bridgehead atoms. The van der Waals surface area contributed by atoms with Crippen molar-refractivity contribution >= 4 is 53.9 Å². The van der Waals surface area contributed by atoms with Gasteiger partial charge in [-0.2, -0.15) is 0 Å². The normalized spacial score (nSPS) is 17.9. The number of amides is 1. The zero-order chi connectivity index (χ0) is 18.9. The monoisotopic (exact) mass is 465 g/mol. The molecule has 1 saturated heterocycles. The van der Waals surface area contributed by atoms with Crippen molar-refractivity contribution < 1.29 is 9.53 Å². The molecule has 1 fully saturated rings. The zero-order valence-corrected chi connectivity index (χ0v) is 18.7. The number of benzene rings is 1. The van der Waals surface area contributed by atoms with E-state index in [1.54, 1.807) is 41.4 Å². The predicted molar refractivity (Wildman–Crippen MR) is 118 cm³/mol. The van der Waals surface area contributed by atoms with Gasteiger partial charge in [-0.1, -0.05) is 37.0 Å². The highest BCUT2D eigenvalue weighted by molar-refractivity contribution is 6.35. The van der Waals surface area contributed by atoms with Gasteiger partial charge in [0.15, 0.2) is 0 Å². The highest BCUT2D eigenvalue weighted by atomic mass is 35.5. The highest BCUT2D eigenvalue weighted by Gasteiger charge is 2.36. The van der Waals surface area contributed by atoms with Gasteiger partial charge in [-0.3, -0.25) is 4.79 Å². The van der Waals surface area contributed by atoms with E-state index in [0.717, 1.165) is 6.42 Å². The number of halogens is 4. The molecule has 1 aromatic heterocycles. The maximum atomic E-state index is 13.1. The number of rotatable bonds is 3. The summed E-state index contributed by atoms with van der Waals surface area (Å²) in [6.45, 7) is 5.35. The van der Waals surface area contributed by atoms with Crippen LogP contribution in [0.5, 0.6) is 11.6 Å². The number of nitrogens with two attached hydrogens (primary N) is 1. The van der Waals surface area contributed by atoms with Gasteiger partial charge in [0.25, 0.3) is 5.91 Å². The second-order valence-corrected chi connectivity index (χ2v) is 7.99. The van der Waals surface area contributed by atoms with Crippen LogP contribution in [0.25, 0.3) is 0 Å². The number of pyridine rings is 1. The Labute approximate surface area is 187 Å². The molecule has 1 atom stereocenters. The lowest BCUT2D eigenvalue weighted by atomic mass is 9.79. The number of hydrogen-bond acceptors (Lipinski definition) is 4. The third-order valence-electron chi connectivity index (χ3n) is 4.70. The van der Waals surface area contributed by atoms with Gasteiger partial charge in [-0.25, -0.2) is 4.98 Å². The minimum Gasteiger partial charge on any atom is -0.437 e. The number of hydrogen-bond donors (Lipinski definition) is 1. The predicted octanol–water partition coefficient (Wildman–Crippen LogP) is 5.22. The van der Waals surface area contributed by atoms with Crippen molar-refractivity contribution in [2.24, 2.45) is 11.1 Å². The Morgan fingerprint density at radius 3 is 2.64 bits per heavy atom. The zero-order valence-electron chi connectivity index (χ0n) is 15.5. The molecule has 9 heteroatoms. The molecule has 2 aromatic rings. The summed E-state index contributed by atoms with van der Waals surface area (Å²) in [6, 6.07) is 8.39. The molecule has 1 unspecified atom stereocenters. The quantitative estimate of drug-likeness (QED) is 0.672. The Kier molecular flexibility index (Phi) is 8.85. The highest BCUT2D eigenvalue weighted by Crippen LogP contribution is 2.33. The van der Waals surface area contributed by atoms with Crippen molar-refractivity contribution in [2.75, 3.05) is 13.1 Å². The van der Waals surface area contributed by atoms with Crippen molar-refractivity contribution in [3.63, 3.8) is 0 Å². The SMILES string of the molecule is CC1(C)CN(C(=O)c2cccnc2Oc2ccc(Cl)cc2Cl)CCC1N.Cl.Cl. The van der Waals surface area contributed by atoms with Gasteiger partial charge in [0.1, 0.15) is 11.3 Å². The number of carbonyl (C=O) groups is 1. The summed E-state index contributed by atoms with van der Waals surface area (Å²) < 4.78 is 5.81. The second-order valence-electron chi connectivity index (χ2n) is 7.14. The first-order chi connectivity index (χ1) is 12.3. The summed E-state index contributed by atoms with van der Waals surface area (Å²) in [5.41, 5.74) is 6.43. The summed E-state index contributed by atoms with van der Waals surface area (Å²) in [5.74, 6) is 0.484. The van der Waals surface area contributed by atoms with Crippen LogP contribution in [0.15, 0.2) is 36.5 Å². The van der Waals surface area contributed by atoms with Crippen LogP contribution >= 0.6 is 48.0 Å². The molecule has 2 heterocycles. The number of aromatic nitrogens is 1. The molecule has 28 heavy (non-hydrogen) atoms. The lowest BCUT2D eigenvalue weighted by Gasteiger charge is -2.42. The number of nitrogens with zero attached hydrogens (tertiary/aromatic N) is 2. The molecular weight excluding hydrogens is 444 g/mol.